The fourth-order valence-corrected chi connectivity index (χ4v) is 2.50. The van der Waals surface area contributed by atoms with E-state index in [1.165, 1.54) is 25.9 Å². The summed E-state index contributed by atoms with van der Waals surface area (Å²) < 4.78 is 3.39. The fourth-order valence-electron chi connectivity index (χ4n) is 2.00. The number of hydrogen-bond donors (Lipinski definition) is 2. The second kappa shape index (κ2) is 2.40. The van der Waals surface area contributed by atoms with Gasteiger partial charge in [0, 0.05) is 19.1 Å². The van der Waals surface area contributed by atoms with E-state index >= 15 is 0 Å². The second-order valence-electron chi connectivity index (χ2n) is 3.53. The van der Waals surface area contributed by atoms with E-state index in [4.69, 9.17) is 0 Å². The van der Waals surface area contributed by atoms with Crippen LogP contribution in [0.4, 0.5) is 0 Å². The van der Waals surface area contributed by atoms with Gasteiger partial charge < -0.3 is 5.32 Å². The van der Waals surface area contributed by atoms with Gasteiger partial charge in [-0.15, -0.1) is 0 Å². The number of rotatable bonds is 2. The predicted molar refractivity (Wildman–Crippen MR) is 45.0 cm³/mol. The Labute approximate surface area is 66.3 Å². The maximum atomic E-state index is 3.39. The Morgan fingerprint density at radius 3 is 2.60 bits per heavy atom. The molecule has 0 aromatic rings. The zero-order chi connectivity index (χ0) is 7.03. The lowest BCUT2D eigenvalue weighted by molar-refractivity contribution is 0.0339. The van der Waals surface area contributed by atoms with Gasteiger partial charge in [-0.3, -0.25) is 4.72 Å². The molecule has 0 atom stereocenters. The number of hydrogen-bond acceptors (Lipinski definition) is 3. The average Bonchev–Trinajstić information content (AvgIpc) is 1.72. The molecule has 2 nitrogen and oxygen atoms in total. The van der Waals surface area contributed by atoms with Crippen LogP contribution in [0.15, 0.2) is 0 Å². The van der Waals surface area contributed by atoms with Gasteiger partial charge in [-0.05, 0) is 24.5 Å². The highest BCUT2D eigenvalue weighted by Crippen LogP contribution is 2.44. The summed E-state index contributed by atoms with van der Waals surface area (Å²) in [6.07, 6.45) is 4.88. The third-order valence-corrected chi connectivity index (χ3v) is 3.21. The van der Waals surface area contributed by atoms with E-state index in [2.05, 4.69) is 16.3 Å². The first-order valence-corrected chi connectivity index (χ1v) is 5.06. The molecule has 0 aromatic carbocycles. The van der Waals surface area contributed by atoms with Gasteiger partial charge >= 0.3 is 0 Å². The average molecular weight is 158 g/mol. The van der Waals surface area contributed by atoms with Gasteiger partial charge in [0.05, 0.1) is 0 Å². The molecular weight excluding hydrogens is 144 g/mol. The monoisotopic (exact) mass is 158 g/mol. The van der Waals surface area contributed by atoms with Crippen molar-refractivity contribution in [1.29, 1.82) is 0 Å². The highest BCUT2D eigenvalue weighted by atomic mass is 32.2. The predicted octanol–water partition coefficient (Wildman–Crippen LogP) is 0.606. The minimum absolute atomic E-state index is 0.730. The van der Waals surface area contributed by atoms with Crippen molar-refractivity contribution in [2.75, 3.05) is 19.3 Å². The van der Waals surface area contributed by atoms with E-state index in [0.717, 1.165) is 11.5 Å². The molecule has 1 heterocycles. The Morgan fingerprint density at radius 1 is 1.50 bits per heavy atom. The van der Waals surface area contributed by atoms with Gasteiger partial charge in [0.2, 0.25) is 0 Å². The first-order chi connectivity index (χ1) is 4.85. The SMILES string of the molecule is CSNC1CC2(CNC2)C1. The minimum Gasteiger partial charge on any atom is -0.316 e. The molecule has 0 radical (unpaired) electrons. The molecule has 0 aromatic heterocycles. The lowest BCUT2D eigenvalue weighted by Gasteiger charge is -2.54. The molecule has 0 amide bonds. The summed E-state index contributed by atoms with van der Waals surface area (Å²) in [6.45, 7) is 2.53. The van der Waals surface area contributed by atoms with Gasteiger partial charge in [-0.25, -0.2) is 0 Å². The van der Waals surface area contributed by atoms with Crippen LogP contribution in [-0.4, -0.2) is 25.4 Å². The van der Waals surface area contributed by atoms with E-state index in [1.807, 2.05) is 0 Å². The van der Waals surface area contributed by atoms with E-state index in [0.29, 0.717) is 0 Å². The summed E-state index contributed by atoms with van der Waals surface area (Å²) >= 11 is 1.75. The first-order valence-electron chi connectivity index (χ1n) is 3.84. The minimum atomic E-state index is 0.730. The van der Waals surface area contributed by atoms with Gasteiger partial charge in [-0.2, -0.15) is 0 Å². The summed E-state index contributed by atoms with van der Waals surface area (Å²) in [7, 11) is 0. The van der Waals surface area contributed by atoms with Crippen molar-refractivity contribution < 1.29 is 0 Å². The van der Waals surface area contributed by atoms with Gasteiger partial charge in [0.1, 0.15) is 0 Å². The van der Waals surface area contributed by atoms with Crippen LogP contribution in [0.2, 0.25) is 0 Å². The summed E-state index contributed by atoms with van der Waals surface area (Å²) in [5.74, 6) is 0. The standard InChI is InChI=1S/C7H14N2S/c1-10-9-6-2-7(3-6)4-8-5-7/h6,8-9H,2-5H2,1H3. The van der Waals surface area contributed by atoms with Crippen LogP contribution in [0.5, 0.6) is 0 Å². The summed E-state index contributed by atoms with van der Waals surface area (Å²) in [6, 6.07) is 0.803. The van der Waals surface area contributed by atoms with Crippen LogP contribution in [0, 0.1) is 5.41 Å². The van der Waals surface area contributed by atoms with Crippen LogP contribution in [-0.2, 0) is 0 Å². The van der Waals surface area contributed by atoms with Gasteiger partial charge in [0.25, 0.3) is 0 Å². The topological polar surface area (TPSA) is 24.1 Å². The van der Waals surface area contributed by atoms with Crippen LogP contribution in [0.25, 0.3) is 0 Å². The fraction of sp³-hybridized carbons (Fsp3) is 1.00. The van der Waals surface area contributed by atoms with Crippen molar-refractivity contribution in [3.8, 4) is 0 Å². The van der Waals surface area contributed by atoms with E-state index < -0.39 is 0 Å². The van der Waals surface area contributed by atoms with Crippen molar-refractivity contribution in [1.82, 2.24) is 10.0 Å². The van der Waals surface area contributed by atoms with E-state index in [1.54, 1.807) is 11.9 Å². The molecule has 1 saturated carbocycles. The Morgan fingerprint density at radius 2 is 2.20 bits per heavy atom. The Bertz CT molecular complexity index is 126. The Kier molecular flexibility index (Phi) is 1.66. The molecule has 1 saturated heterocycles. The molecule has 0 bridgehead atoms. The van der Waals surface area contributed by atoms with Crippen LogP contribution in [0.3, 0.4) is 0 Å². The molecule has 2 aliphatic rings. The lowest BCUT2D eigenvalue weighted by atomic mass is 9.62. The molecule has 1 aliphatic carbocycles. The molecule has 2 rings (SSSR count). The summed E-state index contributed by atoms with van der Waals surface area (Å²) in [5.41, 5.74) is 0.730. The smallest absolute Gasteiger partial charge is 0.0184 e. The largest absolute Gasteiger partial charge is 0.316 e. The molecular formula is C7H14N2S. The summed E-state index contributed by atoms with van der Waals surface area (Å²) in [5, 5.41) is 3.33. The lowest BCUT2D eigenvalue weighted by Crippen LogP contribution is -2.63. The quantitative estimate of drug-likeness (QED) is 0.576. The Hall–Kier alpha value is 0.270. The highest BCUT2D eigenvalue weighted by molar-refractivity contribution is 7.96. The molecule has 10 heavy (non-hydrogen) atoms. The maximum Gasteiger partial charge on any atom is 0.0184 e. The second-order valence-corrected chi connectivity index (χ2v) is 4.17. The molecule has 1 spiro atoms. The third kappa shape index (κ3) is 0.966. The van der Waals surface area contributed by atoms with Crippen molar-refractivity contribution in [2.45, 2.75) is 18.9 Å². The van der Waals surface area contributed by atoms with Crippen molar-refractivity contribution in [3.63, 3.8) is 0 Å². The molecule has 3 heteroatoms. The highest BCUT2D eigenvalue weighted by Gasteiger charge is 2.47. The molecule has 1 aliphatic heterocycles. The third-order valence-electron chi connectivity index (χ3n) is 2.64. The van der Waals surface area contributed by atoms with Crippen molar-refractivity contribution >= 4 is 11.9 Å². The first kappa shape index (κ1) is 6.95. The van der Waals surface area contributed by atoms with Crippen LogP contribution in [0.1, 0.15) is 12.8 Å². The molecule has 58 valence electrons. The van der Waals surface area contributed by atoms with Gasteiger partial charge in [0.15, 0.2) is 0 Å². The number of nitrogens with one attached hydrogen (secondary N) is 2. The van der Waals surface area contributed by atoms with Crippen molar-refractivity contribution in [3.05, 3.63) is 0 Å². The molecule has 2 N–H and O–H groups in total. The van der Waals surface area contributed by atoms with E-state index in [9.17, 15) is 0 Å². The maximum absolute atomic E-state index is 3.39. The normalized spacial score (nSPS) is 29.7. The molecule has 2 fully saturated rings. The van der Waals surface area contributed by atoms with Crippen LogP contribution >= 0.6 is 11.9 Å². The van der Waals surface area contributed by atoms with Crippen LogP contribution < -0.4 is 10.0 Å². The van der Waals surface area contributed by atoms with Crippen molar-refractivity contribution in [2.24, 2.45) is 5.41 Å². The Balaban J connectivity index is 1.72. The summed E-state index contributed by atoms with van der Waals surface area (Å²) in [4.78, 5) is 0. The zero-order valence-corrected chi connectivity index (χ0v) is 7.13. The van der Waals surface area contributed by atoms with E-state index in [-0.39, 0.29) is 0 Å². The molecule has 0 unspecified atom stereocenters. The zero-order valence-electron chi connectivity index (χ0n) is 6.31. The van der Waals surface area contributed by atoms with Gasteiger partial charge in [-0.1, -0.05) is 11.9 Å².